The monoisotopic (exact) mass is 338 g/mol. The third kappa shape index (κ3) is 5.18. The van der Waals surface area contributed by atoms with Crippen molar-refractivity contribution in [1.82, 2.24) is 10.6 Å². The second-order valence-corrected chi connectivity index (χ2v) is 6.50. The maximum atomic E-state index is 13.6. The van der Waals surface area contributed by atoms with Crippen LogP contribution in [0.25, 0.3) is 0 Å². The summed E-state index contributed by atoms with van der Waals surface area (Å²) < 4.78 is 19.1. The number of hydrogen-bond donors (Lipinski definition) is 3. The van der Waals surface area contributed by atoms with Crippen molar-refractivity contribution in [2.24, 2.45) is 0 Å². The van der Waals surface area contributed by atoms with Crippen LogP contribution in [0.4, 0.5) is 9.18 Å². The lowest BCUT2D eigenvalue weighted by Crippen LogP contribution is -2.49. The van der Waals surface area contributed by atoms with Gasteiger partial charge in [0, 0.05) is 37.8 Å². The van der Waals surface area contributed by atoms with E-state index in [1.54, 1.807) is 12.1 Å². The van der Waals surface area contributed by atoms with Gasteiger partial charge < -0.3 is 20.5 Å². The van der Waals surface area contributed by atoms with E-state index in [0.29, 0.717) is 26.2 Å². The van der Waals surface area contributed by atoms with E-state index >= 15 is 0 Å². The first kappa shape index (κ1) is 18.7. The molecular weight excluding hydrogens is 311 g/mol. The molecule has 6 heteroatoms. The minimum absolute atomic E-state index is 0.00282. The van der Waals surface area contributed by atoms with Crippen molar-refractivity contribution in [2.75, 3.05) is 26.4 Å². The smallest absolute Gasteiger partial charge is 0.315 e. The van der Waals surface area contributed by atoms with Crippen molar-refractivity contribution in [1.29, 1.82) is 0 Å². The van der Waals surface area contributed by atoms with Crippen molar-refractivity contribution < 1.29 is 19.0 Å². The standard InChI is InChI=1S/C18H27FN2O3/c1-14(4-3-9-22)21-17(23)20-13-18(7-10-24-11-8-18)15-5-2-6-16(19)12-15/h2,5-6,12,14,22H,3-4,7-11,13H2,1H3,(H2,20,21,23). The highest BCUT2D eigenvalue weighted by atomic mass is 19.1. The summed E-state index contributed by atoms with van der Waals surface area (Å²) in [5, 5.41) is 14.6. The summed E-state index contributed by atoms with van der Waals surface area (Å²) in [7, 11) is 0. The zero-order valence-electron chi connectivity index (χ0n) is 14.2. The first-order valence-electron chi connectivity index (χ1n) is 8.55. The summed E-state index contributed by atoms with van der Waals surface area (Å²) in [6.07, 6.45) is 2.88. The van der Waals surface area contributed by atoms with Gasteiger partial charge in [-0.3, -0.25) is 0 Å². The van der Waals surface area contributed by atoms with Crippen LogP contribution >= 0.6 is 0 Å². The maximum Gasteiger partial charge on any atom is 0.315 e. The molecule has 0 bridgehead atoms. The van der Waals surface area contributed by atoms with Gasteiger partial charge in [0.15, 0.2) is 0 Å². The molecule has 1 aliphatic rings. The molecule has 1 aromatic rings. The number of aliphatic hydroxyl groups is 1. The van der Waals surface area contributed by atoms with Gasteiger partial charge in [-0.2, -0.15) is 0 Å². The van der Waals surface area contributed by atoms with Crippen molar-refractivity contribution >= 4 is 6.03 Å². The minimum atomic E-state index is -0.300. The number of nitrogens with one attached hydrogen (secondary N) is 2. The quantitative estimate of drug-likeness (QED) is 0.715. The molecule has 0 saturated carbocycles. The fourth-order valence-electron chi connectivity index (χ4n) is 3.14. The fourth-order valence-corrected chi connectivity index (χ4v) is 3.14. The normalized spacial score (nSPS) is 18.0. The molecule has 0 aliphatic carbocycles. The SMILES string of the molecule is CC(CCCO)NC(=O)NCC1(c2cccc(F)c2)CCOCC1. The Kier molecular flexibility index (Phi) is 6.99. The Labute approximate surface area is 142 Å². The van der Waals surface area contributed by atoms with Crippen molar-refractivity contribution in [3.63, 3.8) is 0 Å². The molecule has 1 saturated heterocycles. The van der Waals surface area contributed by atoms with Gasteiger partial charge in [0.1, 0.15) is 5.82 Å². The number of amides is 2. The maximum absolute atomic E-state index is 13.6. The fraction of sp³-hybridized carbons (Fsp3) is 0.611. The highest BCUT2D eigenvalue weighted by molar-refractivity contribution is 5.74. The Morgan fingerprint density at radius 1 is 1.42 bits per heavy atom. The number of carbonyl (C=O) groups excluding carboxylic acids is 1. The number of benzene rings is 1. The molecule has 0 aromatic heterocycles. The molecule has 1 aliphatic heterocycles. The first-order valence-corrected chi connectivity index (χ1v) is 8.55. The molecule has 0 spiro atoms. The minimum Gasteiger partial charge on any atom is -0.396 e. The lowest BCUT2D eigenvalue weighted by Gasteiger charge is -2.38. The van der Waals surface area contributed by atoms with Gasteiger partial charge in [-0.05, 0) is 50.3 Å². The molecule has 1 atom stereocenters. The molecular formula is C18H27FN2O3. The molecule has 2 amide bonds. The molecule has 5 nitrogen and oxygen atoms in total. The third-order valence-electron chi connectivity index (χ3n) is 4.65. The summed E-state index contributed by atoms with van der Waals surface area (Å²) in [5.74, 6) is -0.263. The zero-order chi connectivity index (χ0) is 17.4. The van der Waals surface area contributed by atoms with Crippen LogP contribution in [-0.4, -0.2) is 43.5 Å². The van der Waals surface area contributed by atoms with Crippen molar-refractivity contribution in [2.45, 2.75) is 44.1 Å². The summed E-state index contributed by atoms with van der Waals surface area (Å²) in [4.78, 5) is 12.1. The lowest BCUT2D eigenvalue weighted by atomic mass is 9.74. The van der Waals surface area contributed by atoms with E-state index in [1.807, 2.05) is 13.0 Å². The van der Waals surface area contributed by atoms with Crippen LogP contribution in [0.3, 0.4) is 0 Å². The highest BCUT2D eigenvalue weighted by Gasteiger charge is 2.35. The number of urea groups is 1. The average molecular weight is 338 g/mol. The highest BCUT2D eigenvalue weighted by Crippen LogP contribution is 2.34. The Morgan fingerprint density at radius 2 is 2.17 bits per heavy atom. The van der Waals surface area contributed by atoms with Crippen LogP contribution < -0.4 is 10.6 Å². The molecule has 134 valence electrons. The summed E-state index contributed by atoms with van der Waals surface area (Å²) >= 11 is 0. The van der Waals surface area contributed by atoms with E-state index in [-0.39, 0.29) is 29.9 Å². The molecule has 1 unspecified atom stereocenters. The van der Waals surface area contributed by atoms with E-state index in [2.05, 4.69) is 10.6 Å². The van der Waals surface area contributed by atoms with E-state index < -0.39 is 0 Å². The predicted molar refractivity (Wildman–Crippen MR) is 90.4 cm³/mol. The van der Waals surface area contributed by atoms with Crippen molar-refractivity contribution in [3.05, 3.63) is 35.6 Å². The van der Waals surface area contributed by atoms with Crippen LogP contribution in [0.5, 0.6) is 0 Å². The molecule has 3 N–H and O–H groups in total. The van der Waals surface area contributed by atoms with Crippen LogP contribution in [0.2, 0.25) is 0 Å². The van der Waals surface area contributed by atoms with E-state index in [4.69, 9.17) is 9.84 Å². The third-order valence-corrected chi connectivity index (χ3v) is 4.65. The molecule has 1 fully saturated rings. The van der Waals surface area contributed by atoms with Gasteiger partial charge in [0.25, 0.3) is 0 Å². The van der Waals surface area contributed by atoms with Gasteiger partial charge in [-0.25, -0.2) is 9.18 Å². The topological polar surface area (TPSA) is 70.6 Å². The van der Waals surface area contributed by atoms with Crippen LogP contribution in [0.15, 0.2) is 24.3 Å². The number of aliphatic hydroxyl groups excluding tert-OH is 1. The number of hydrogen-bond acceptors (Lipinski definition) is 3. The van der Waals surface area contributed by atoms with Gasteiger partial charge >= 0.3 is 6.03 Å². The Morgan fingerprint density at radius 3 is 2.83 bits per heavy atom. The number of halogens is 1. The van der Waals surface area contributed by atoms with E-state index in [1.165, 1.54) is 6.07 Å². The Bertz CT molecular complexity index is 533. The summed E-state index contributed by atoms with van der Waals surface area (Å²) in [6.45, 7) is 3.68. The predicted octanol–water partition coefficient (Wildman–Crippen LogP) is 2.33. The molecule has 0 radical (unpaired) electrons. The van der Waals surface area contributed by atoms with E-state index in [9.17, 15) is 9.18 Å². The zero-order valence-corrected chi connectivity index (χ0v) is 14.2. The lowest BCUT2D eigenvalue weighted by molar-refractivity contribution is 0.0505. The number of carbonyl (C=O) groups is 1. The summed E-state index contributed by atoms with van der Waals surface area (Å²) in [6, 6.07) is 6.37. The van der Waals surface area contributed by atoms with Crippen LogP contribution in [-0.2, 0) is 10.2 Å². The Balaban J connectivity index is 1.98. The van der Waals surface area contributed by atoms with Gasteiger partial charge in [0.05, 0.1) is 0 Å². The molecule has 24 heavy (non-hydrogen) atoms. The first-order chi connectivity index (χ1) is 11.6. The molecule has 1 aromatic carbocycles. The van der Waals surface area contributed by atoms with Crippen LogP contribution in [0, 0.1) is 5.82 Å². The van der Waals surface area contributed by atoms with Gasteiger partial charge in [-0.1, -0.05) is 12.1 Å². The Hall–Kier alpha value is -1.66. The number of ether oxygens (including phenoxy) is 1. The second-order valence-electron chi connectivity index (χ2n) is 6.50. The van der Waals surface area contributed by atoms with Crippen LogP contribution in [0.1, 0.15) is 38.2 Å². The van der Waals surface area contributed by atoms with Crippen molar-refractivity contribution in [3.8, 4) is 0 Å². The molecule has 1 heterocycles. The largest absolute Gasteiger partial charge is 0.396 e. The summed E-state index contributed by atoms with van der Waals surface area (Å²) in [5.41, 5.74) is 0.603. The average Bonchev–Trinajstić information content (AvgIpc) is 2.59. The van der Waals surface area contributed by atoms with Gasteiger partial charge in [-0.15, -0.1) is 0 Å². The molecule has 2 rings (SSSR count). The number of rotatable bonds is 7. The van der Waals surface area contributed by atoms with Gasteiger partial charge in [0.2, 0.25) is 0 Å². The van der Waals surface area contributed by atoms with E-state index in [0.717, 1.165) is 24.8 Å². The second kappa shape index (κ2) is 8.99.